The van der Waals surface area contributed by atoms with Gasteiger partial charge in [0, 0.05) is 89.6 Å². The van der Waals surface area contributed by atoms with Crippen molar-refractivity contribution in [2.75, 3.05) is 93.1 Å². The fraction of sp³-hybridized carbons (Fsp3) is 0.458. The van der Waals surface area contributed by atoms with Crippen LogP contribution in [0.1, 0.15) is 112 Å². The van der Waals surface area contributed by atoms with Crippen molar-refractivity contribution in [3.05, 3.63) is 122 Å². The van der Waals surface area contributed by atoms with Crippen molar-refractivity contribution in [2.45, 2.75) is 102 Å². The number of halogens is 4. The molecule has 14 rings (SSSR count). The van der Waals surface area contributed by atoms with Gasteiger partial charge in [0.25, 0.3) is 34.4 Å². The molecule has 494 valence electrons. The number of fused-ring (bicyclic) bond motifs is 6. The zero-order valence-electron chi connectivity index (χ0n) is 52.7. The summed E-state index contributed by atoms with van der Waals surface area (Å²) in [5, 5.41) is 20.9. The quantitative estimate of drug-likeness (QED) is 0.0981. The maximum atomic E-state index is 13.5. The Bertz CT molecular complexity index is 4200. The third-order valence-electron chi connectivity index (χ3n) is 17.8. The van der Waals surface area contributed by atoms with Gasteiger partial charge in [-0.25, -0.2) is 29.9 Å². The van der Waals surface area contributed by atoms with Crippen LogP contribution in [0.3, 0.4) is 0 Å². The molecular weight excluding hydrogens is 1370 g/mol. The molecule has 8 aliphatic rings. The van der Waals surface area contributed by atoms with Crippen LogP contribution >= 0.6 is 50.7 Å². The van der Waals surface area contributed by atoms with Gasteiger partial charge in [0.15, 0.2) is 23.3 Å². The van der Waals surface area contributed by atoms with Crippen molar-refractivity contribution in [3.63, 3.8) is 0 Å². The standard InChI is InChI=1S/C21H24ClN7O3.C17H20ClN7O2.C13H16BrN3O2.C8H9ClN4O.K.H2O/c1-11-9-13(25-16-14(22)17(24-10-23-16)26-18(30)12-3-4-12)20(32)29-15(11)19(31)27-21(29)5-7-28(2)8-6-21;1-9-7-10(22-14-11(18)13(19)20-8-21-14)16(27)25-12(9)15(26)23-17(25)3-5-24(2)6-4-17;1-8-7-9(14)12(19)17-10(8)11(18)15-13(17)3-5-16(2)6-4-13;9-5-6(10)11-3-12-7(5)13-8(14)4-1-2-4;;/h9-10,12H,3-8H2,1-2H3,(H,27,31)(H2,23,24,25,26,30);7-8H,3-6H2,1-2H3,(H,23,26)(H3,19,20,21,22);7H,3-6H2,1-2H3,(H,15,18);3-4H,1-2H2,(H3,10,11,12,13,14);;1H2/q;;;;+1;/p-1. The number of aromatic nitrogens is 9. The summed E-state index contributed by atoms with van der Waals surface area (Å²) >= 11 is 21.7. The minimum absolute atomic E-state index is 0. The normalized spacial score (nSPS) is 18.6. The molecule has 5 amide bonds. The van der Waals surface area contributed by atoms with Gasteiger partial charge in [-0.3, -0.25) is 52.1 Å². The summed E-state index contributed by atoms with van der Waals surface area (Å²) in [5.74, 6) is 0.582. The number of nitrogens with zero attached hydrogens (tertiary/aromatic N) is 12. The van der Waals surface area contributed by atoms with E-state index in [0.29, 0.717) is 58.4 Å². The fourth-order valence-electron chi connectivity index (χ4n) is 12.3. The summed E-state index contributed by atoms with van der Waals surface area (Å²) in [5.41, 5.74) is 12.5. The number of hydrogen-bond acceptors (Lipinski definition) is 22. The number of anilines is 8. The Labute approximate surface area is 604 Å². The molecule has 2 saturated carbocycles. The largest absolute Gasteiger partial charge is 1.00 e. The van der Waals surface area contributed by atoms with Crippen LogP contribution in [-0.4, -0.2) is 154 Å². The van der Waals surface area contributed by atoms with Crippen LogP contribution in [0, 0.1) is 32.6 Å². The zero-order chi connectivity index (χ0) is 65.9. The summed E-state index contributed by atoms with van der Waals surface area (Å²) in [4.78, 5) is 130. The monoisotopic (exact) mass is 1440 g/mol. The third kappa shape index (κ3) is 14.3. The molecule has 0 aromatic carbocycles. The first-order chi connectivity index (χ1) is 43.7. The van der Waals surface area contributed by atoms with Crippen molar-refractivity contribution >= 4 is 127 Å². The first-order valence-electron chi connectivity index (χ1n) is 29.9. The van der Waals surface area contributed by atoms with E-state index in [1.807, 2.05) is 21.0 Å². The van der Waals surface area contributed by atoms with Gasteiger partial charge in [0.2, 0.25) is 11.8 Å². The number of hydrogen-bond donors (Lipinski definition) is 9. The first-order valence-corrected chi connectivity index (χ1v) is 31.8. The molecule has 5 fully saturated rings. The van der Waals surface area contributed by atoms with E-state index in [1.54, 1.807) is 45.7 Å². The minimum atomic E-state index is -0.739. The molecule has 6 aromatic heterocycles. The van der Waals surface area contributed by atoms with Gasteiger partial charge >= 0.3 is 51.4 Å². The van der Waals surface area contributed by atoms with Crippen LogP contribution in [0.4, 0.5) is 46.3 Å². The molecule has 94 heavy (non-hydrogen) atoms. The number of carbonyl (C=O) groups is 5. The zero-order valence-corrected chi connectivity index (χ0v) is 59.7. The SMILES string of the molecule is Cc1cc(Br)c(=O)n2c1C(=O)NC21CCN(C)CC1.Cc1cc(Nc2ncnc(N)c2Cl)c(=O)n2c1C(=O)NC21CCN(C)CC1.Cc1cc(Nc2ncnc(NC(=O)C3CC3)c2Cl)c(=O)n2c1C(=O)NC21CCN(C)CC1.Nc1ncnc(NC(=O)C2CC2)c1Cl.[K+].[OH-]. The van der Waals surface area contributed by atoms with Gasteiger partial charge in [-0.1, -0.05) is 34.8 Å². The van der Waals surface area contributed by atoms with Crippen LogP contribution in [0.5, 0.6) is 0 Å². The fourth-order valence-corrected chi connectivity index (χ4v) is 13.3. The second-order valence-corrected chi connectivity index (χ2v) is 26.5. The van der Waals surface area contributed by atoms with Gasteiger partial charge in [0.05, 0.1) is 4.47 Å². The Morgan fingerprint density at radius 3 is 1.16 bits per heavy atom. The van der Waals surface area contributed by atoms with Crippen LogP contribution in [0.25, 0.3) is 0 Å². The Morgan fingerprint density at radius 2 is 0.798 bits per heavy atom. The Morgan fingerprint density at radius 1 is 0.500 bits per heavy atom. The predicted molar refractivity (Wildman–Crippen MR) is 352 cm³/mol. The molecule has 0 bridgehead atoms. The summed E-state index contributed by atoms with van der Waals surface area (Å²) in [6.45, 7) is 10.3. The average molecular weight is 1440 g/mol. The van der Waals surface area contributed by atoms with Gasteiger partial charge in [0.1, 0.15) is 91.1 Å². The average Bonchev–Trinajstić information content (AvgIpc) is 1.56. The van der Waals surface area contributed by atoms with E-state index >= 15 is 0 Å². The molecule has 0 radical (unpaired) electrons. The summed E-state index contributed by atoms with van der Waals surface area (Å²) in [6.07, 6.45) is 11.5. The van der Waals surface area contributed by atoms with Crippen LogP contribution in [-0.2, 0) is 26.6 Å². The van der Waals surface area contributed by atoms with E-state index in [-0.39, 0.29) is 176 Å². The number of piperidine rings is 3. The van der Waals surface area contributed by atoms with Crippen molar-refractivity contribution < 1.29 is 80.8 Å². The summed E-state index contributed by atoms with van der Waals surface area (Å²) < 4.78 is 5.37. The number of nitrogens with two attached hydrogens (primary N) is 2. The third-order valence-corrected chi connectivity index (χ3v) is 19.5. The van der Waals surface area contributed by atoms with E-state index in [4.69, 9.17) is 46.3 Å². The number of pyridine rings is 3. The second-order valence-electron chi connectivity index (χ2n) is 24.5. The van der Waals surface area contributed by atoms with Gasteiger partial charge in [-0.2, -0.15) is 0 Å². The van der Waals surface area contributed by atoms with Gasteiger partial charge in [-0.05, 0) is 118 Å². The van der Waals surface area contributed by atoms with E-state index < -0.39 is 17.0 Å². The summed E-state index contributed by atoms with van der Waals surface area (Å²) in [7, 11) is 6.10. The molecule has 30 nitrogen and oxygen atoms in total. The Hall–Kier alpha value is -6.53. The molecular formula is C59H70BrCl3KN21O9. The molecule has 12 N–H and O–H groups in total. The van der Waals surface area contributed by atoms with Crippen LogP contribution in [0.2, 0.25) is 15.1 Å². The predicted octanol–water partition coefficient (Wildman–Crippen LogP) is 1.79. The van der Waals surface area contributed by atoms with E-state index in [9.17, 15) is 38.4 Å². The summed E-state index contributed by atoms with van der Waals surface area (Å²) in [6, 6.07) is 4.99. The minimum Gasteiger partial charge on any atom is -0.870 e. The molecule has 35 heteroatoms. The van der Waals surface area contributed by atoms with Crippen LogP contribution < -0.4 is 117 Å². The van der Waals surface area contributed by atoms with E-state index in [1.165, 1.54) is 19.0 Å². The number of carbonyl (C=O) groups excluding carboxylic acids is 5. The molecule has 3 spiro atoms. The number of nitrogens with one attached hydrogen (secondary N) is 7. The number of nitrogen functional groups attached to an aromatic ring is 2. The molecule has 3 saturated heterocycles. The molecule has 6 aliphatic heterocycles. The molecule has 6 aromatic rings. The molecule has 12 heterocycles. The van der Waals surface area contributed by atoms with Crippen molar-refractivity contribution in [1.82, 2.24) is 74.3 Å². The van der Waals surface area contributed by atoms with Gasteiger partial charge < -0.3 is 68.9 Å². The molecule has 0 atom stereocenters. The number of rotatable bonds is 8. The second kappa shape index (κ2) is 28.7. The number of amides is 5. The first kappa shape index (κ1) is 71.8. The van der Waals surface area contributed by atoms with Crippen LogP contribution in [0.15, 0.2) is 56.0 Å². The van der Waals surface area contributed by atoms with Gasteiger partial charge in [-0.15, -0.1) is 0 Å². The maximum absolute atomic E-state index is 13.5. The smallest absolute Gasteiger partial charge is 0.870 e. The maximum Gasteiger partial charge on any atom is 1.00 e. The van der Waals surface area contributed by atoms with E-state index in [0.717, 1.165) is 83.4 Å². The topological polar surface area (TPSA) is 405 Å². The van der Waals surface area contributed by atoms with Crippen molar-refractivity contribution in [1.29, 1.82) is 0 Å². The van der Waals surface area contributed by atoms with Crippen molar-refractivity contribution in [3.8, 4) is 0 Å². The van der Waals surface area contributed by atoms with Crippen molar-refractivity contribution in [2.24, 2.45) is 11.8 Å². The number of aryl methyl sites for hydroxylation is 3. The Kier molecular flexibility index (Phi) is 21.9. The Balaban J connectivity index is 0.000000153. The molecule has 2 aliphatic carbocycles. The molecule has 0 unspecified atom stereocenters. The van der Waals surface area contributed by atoms with E-state index in [2.05, 4.69) is 105 Å². The number of likely N-dealkylation sites (tertiary alicyclic amines) is 3.